The van der Waals surface area contributed by atoms with Crippen LogP contribution in [-0.2, 0) is 13.1 Å². The van der Waals surface area contributed by atoms with Crippen LogP contribution in [0.25, 0.3) is 0 Å². The maximum Gasteiger partial charge on any atom is 0.0544 e. The van der Waals surface area contributed by atoms with Crippen molar-refractivity contribution < 1.29 is 0 Å². The molecule has 3 nitrogen and oxygen atoms in total. The number of aromatic nitrogens is 2. The van der Waals surface area contributed by atoms with Gasteiger partial charge in [-0.3, -0.25) is 14.9 Å². The quantitative estimate of drug-likeness (QED) is 0.808. The fourth-order valence-electron chi connectivity index (χ4n) is 1.80. The average Bonchev–Trinajstić information content (AvgIpc) is 2.41. The molecular formula is C14H17N3S. The zero-order chi connectivity index (χ0) is 12.6. The van der Waals surface area contributed by atoms with Crippen LogP contribution in [0.15, 0.2) is 48.8 Å². The van der Waals surface area contributed by atoms with Crippen molar-refractivity contribution in [3.63, 3.8) is 0 Å². The molecule has 0 spiro atoms. The highest BCUT2D eigenvalue weighted by Gasteiger charge is 2.07. The van der Waals surface area contributed by atoms with Gasteiger partial charge >= 0.3 is 0 Å². The van der Waals surface area contributed by atoms with Crippen molar-refractivity contribution in [2.75, 3.05) is 12.3 Å². The van der Waals surface area contributed by atoms with Gasteiger partial charge in [-0.1, -0.05) is 12.1 Å². The van der Waals surface area contributed by atoms with Crippen LogP contribution >= 0.6 is 12.6 Å². The molecule has 0 saturated heterocycles. The highest BCUT2D eigenvalue weighted by Crippen LogP contribution is 2.06. The van der Waals surface area contributed by atoms with Gasteiger partial charge in [-0.05, 0) is 24.3 Å². The van der Waals surface area contributed by atoms with Crippen molar-refractivity contribution in [2.24, 2.45) is 0 Å². The van der Waals surface area contributed by atoms with Crippen molar-refractivity contribution in [1.82, 2.24) is 14.9 Å². The summed E-state index contributed by atoms with van der Waals surface area (Å²) in [6, 6.07) is 12.0. The molecule has 0 fully saturated rings. The summed E-state index contributed by atoms with van der Waals surface area (Å²) >= 11 is 4.31. The molecule has 0 radical (unpaired) electrons. The van der Waals surface area contributed by atoms with Crippen LogP contribution in [0.5, 0.6) is 0 Å². The number of thiol groups is 1. The van der Waals surface area contributed by atoms with E-state index in [1.165, 1.54) is 0 Å². The highest BCUT2D eigenvalue weighted by molar-refractivity contribution is 7.80. The van der Waals surface area contributed by atoms with E-state index in [1.807, 2.05) is 48.8 Å². The minimum atomic E-state index is 0.831. The summed E-state index contributed by atoms with van der Waals surface area (Å²) in [4.78, 5) is 11.0. The summed E-state index contributed by atoms with van der Waals surface area (Å²) in [7, 11) is 0. The first-order valence-corrected chi connectivity index (χ1v) is 6.65. The van der Waals surface area contributed by atoms with Crippen LogP contribution in [0, 0.1) is 0 Å². The van der Waals surface area contributed by atoms with Crippen LogP contribution in [-0.4, -0.2) is 27.2 Å². The Morgan fingerprint density at radius 3 is 1.83 bits per heavy atom. The lowest BCUT2D eigenvalue weighted by Gasteiger charge is -2.20. The fourth-order valence-corrected chi connectivity index (χ4v) is 2.08. The molecule has 0 aliphatic carbocycles. The van der Waals surface area contributed by atoms with Gasteiger partial charge in [0.1, 0.15) is 0 Å². The highest BCUT2D eigenvalue weighted by atomic mass is 32.1. The van der Waals surface area contributed by atoms with Crippen LogP contribution in [0.3, 0.4) is 0 Å². The molecule has 2 heterocycles. The lowest BCUT2D eigenvalue weighted by Crippen LogP contribution is -2.25. The molecule has 0 N–H and O–H groups in total. The van der Waals surface area contributed by atoms with Gasteiger partial charge in [-0.15, -0.1) is 0 Å². The van der Waals surface area contributed by atoms with E-state index in [-0.39, 0.29) is 0 Å². The molecule has 0 atom stereocenters. The molecule has 0 bridgehead atoms. The smallest absolute Gasteiger partial charge is 0.0544 e. The summed E-state index contributed by atoms with van der Waals surface area (Å²) in [5.41, 5.74) is 2.16. The average molecular weight is 259 g/mol. The van der Waals surface area contributed by atoms with Gasteiger partial charge in [0.05, 0.1) is 11.4 Å². The Kier molecular flexibility index (Phi) is 5.17. The van der Waals surface area contributed by atoms with E-state index in [1.54, 1.807) is 0 Å². The van der Waals surface area contributed by atoms with Crippen molar-refractivity contribution in [3.05, 3.63) is 60.2 Å². The van der Waals surface area contributed by atoms with E-state index in [9.17, 15) is 0 Å². The van der Waals surface area contributed by atoms with Gasteiger partial charge < -0.3 is 0 Å². The Balaban J connectivity index is 2.00. The molecule has 2 rings (SSSR count). The monoisotopic (exact) mass is 259 g/mol. The second-order valence-corrected chi connectivity index (χ2v) is 4.52. The lowest BCUT2D eigenvalue weighted by molar-refractivity contribution is 0.267. The van der Waals surface area contributed by atoms with E-state index in [2.05, 4.69) is 27.5 Å². The Morgan fingerprint density at radius 2 is 1.44 bits per heavy atom. The molecule has 4 heteroatoms. The van der Waals surface area contributed by atoms with E-state index < -0.39 is 0 Å². The van der Waals surface area contributed by atoms with Crippen molar-refractivity contribution in [3.8, 4) is 0 Å². The second-order valence-electron chi connectivity index (χ2n) is 4.08. The first-order valence-electron chi connectivity index (χ1n) is 6.01. The molecule has 2 aromatic heterocycles. The van der Waals surface area contributed by atoms with E-state index in [4.69, 9.17) is 0 Å². The number of nitrogens with zero attached hydrogens (tertiary/aromatic N) is 3. The third kappa shape index (κ3) is 4.13. The SMILES string of the molecule is SCCN(Cc1ccccn1)Cc1ccccn1. The molecule has 18 heavy (non-hydrogen) atoms. The standard InChI is InChI=1S/C14H17N3S/c18-10-9-17(11-13-5-1-3-7-15-13)12-14-6-2-4-8-16-14/h1-8,18H,9-12H2. The zero-order valence-electron chi connectivity index (χ0n) is 10.2. The van der Waals surface area contributed by atoms with E-state index in [0.717, 1.165) is 36.8 Å². The number of pyridine rings is 2. The fraction of sp³-hybridized carbons (Fsp3) is 0.286. The molecular weight excluding hydrogens is 242 g/mol. The molecule has 0 amide bonds. The number of rotatable bonds is 6. The summed E-state index contributed by atoms with van der Waals surface area (Å²) in [5.74, 6) is 0.833. The largest absolute Gasteiger partial charge is 0.291 e. The first kappa shape index (κ1) is 13.1. The van der Waals surface area contributed by atoms with Crippen molar-refractivity contribution >= 4 is 12.6 Å². The summed E-state index contributed by atoms with van der Waals surface area (Å²) in [6.07, 6.45) is 3.66. The number of hydrogen-bond donors (Lipinski definition) is 1. The third-order valence-electron chi connectivity index (χ3n) is 2.64. The van der Waals surface area contributed by atoms with Crippen LogP contribution in [0.2, 0.25) is 0 Å². The predicted molar refractivity (Wildman–Crippen MR) is 76.4 cm³/mol. The normalized spacial score (nSPS) is 10.8. The van der Waals surface area contributed by atoms with Crippen LogP contribution in [0.1, 0.15) is 11.4 Å². The predicted octanol–water partition coefficient (Wildman–Crippen LogP) is 2.41. The maximum absolute atomic E-state index is 4.36. The molecule has 94 valence electrons. The van der Waals surface area contributed by atoms with Gasteiger partial charge in [0.2, 0.25) is 0 Å². The van der Waals surface area contributed by atoms with Crippen molar-refractivity contribution in [1.29, 1.82) is 0 Å². The Bertz CT molecular complexity index is 406. The van der Waals surface area contributed by atoms with E-state index in [0.29, 0.717) is 0 Å². The second kappa shape index (κ2) is 7.13. The lowest BCUT2D eigenvalue weighted by atomic mass is 10.3. The maximum atomic E-state index is 4.36. The van der Waals surface area contributed by atoms with Gasteiger partial charge in [-0.25, -0.2) is 0 Å². The number of hydrogen-bond acceptors (Lipinski definition) is 4. The summed E-state index contributed by atoms with van der Waals surface area (Å²) < 4.78 is 0. The van der Waals surface area contributed by atoms with Gasteiger partial charge in [0, 0.05) is 37.8 Å². The van der Waals surface area contributed by atoms with Crippen LogP contribution in [0.4, 0.5) is 0 Å². The molecule has 0 aromatic carbocycles. The van der Waals surface area contributed by atoms with Crippen molar-refractivity contribution in [2.45, 2.75) is 13.1 Å². The Labute approximate surface area is 113 Å². The Morgan fingerprint density at radius 1 is 0.889 bits per heavy atom. The van der Waals surface area contributed by atoms with Gasteiger partial charge in [-0.2, -0.15) is 12.6 Å². The summed E-state index contributed by atoms with van der Waals surface area (Å²) in [5, 5.41) is 0. The topological polar surface area (TPSA) is 29.0 Å². The molecule has 0 saturated carbocycles. The Hall–Kier alpha value is -1.39. The summed E-state index contributed by atoms with van der Waals surface area (Å²) in [6.45, 7) is 2.59. The molecule has 0 unspecified atom stereocenters. The minimum absolute atomic E-state index is 0.831. The molecule has 0 aliphatic rings. The van der Waals surface area contributed by atoms with E-state index >= 15 is 0 Å². The van der Waals surface area contributed by atoms with Gasteiger partial charge in [0.25, 0.3) is 0 Å². The first-order chi connectivity index (χ1) is 8.88. The molecule has 2 aromatic rings. The van der Waals surface area contributed by atoms with Gasteiger partial charge in [0.15, 0.2) is 0 Å². The van der Waals surface area contributed by atoms with Crippen LogP contribution < -0.4 is 0 Å². The minimum Gasteiger partial charge on any atom is -0.291 e. The third-order valence-corrected chi connectivity index (χ3v) is 2.84. The molecule has 0 aliphatic heterocycles. The zero-order valence-corrected chi connectivity index (χ0v) is 11.1.